The zero-order valence-electron chi connectivity index (χ0n) is 15.8. The summed E-state index contributed by atoms with van der Waals surface area (Å²) in [5.41, 5.74) is 6.13. The van der Waals surface area contributed by atoms with Crippen molar-refractivity contribution in [2.75, 3.05) is 0 Å². The molecule has 2 rings (SSSR count). The second-order valence-corrected chi connectivity index (χ2v) is 8.79. The Morgan fingerprint density at radius 3 is 1.85 bits per heavy atom. The molecule has 0 unspecified atom stereocenters. The van der Waals surface area contributed by atoms with Gasteiger partial charge >= 0.3 is 11.9 Å². The quantitative estimate of drug-likeness (QED) is 0.557. The molecule has 0 aliphatic carbocycles. The molecular weight excluding hydrogens is 391 g/mol. The molecule has 150 valence electrons. The van der Waals surface area contributed by atoms with Crippen LogP contribution in [0.3, 0.4) is 0 Å². The number of carbonyl (C=O) groups is 2. The van der Waals surface area contributed by atoms with Crippen LogP contribution in [-0.4, -0.2) is 39.3 Å². The van der Waals surface area contributed by atoms with Gasteiger partial charge < -0.3 is 21.3 Å². The highest BCUT2D eigenvalue weighted by Gasteiger charge is 2.35. The van der Waals surface area contributed by atoms with E-state index in [2.05, 4.69) is 33.0 Å². The van der Waals surface area contributed by atoms with E-state index in [0.717, 1.165) is 12.8 Å². The normalized spacial score (nSPS) is 19.0. The van der Waals surface area contributed by atoms with Crippen molar-refractivity contribution in [2.24, 2.45) is 5.73 Å². The van der Waals surface area contributed by atoms with E-state index in [1.807, 2.05) is 0 Å². The van der Waals surface area contributed by atoms with Crippen LogP contribution in [0, 0.1) is 0 Å². The van der Waals surface area contributed by atoms with Gasteiger partial charge in [-0.15, -0.1) is 0 Å². The summed E-state index contributed by atoms with van der Waals surface area (Å²) < 4.78 is 0. The van der Waals surface area contributed by atoms with Gasteiger partial charge in [-0.3, -0.25) is 0 Å². The standard InChI is InChI=1S/C10H6Cl2O4.C9H20N2/c11-6-1-5(2-7(12)3-6)8(10(15)16)4-9(13)14;1-8(2)5-7(10)6-9(3,4)11-8/h1-4H,(H,13,14)(H,15,16);7,11H,5-6,10H2,1-4H3/b8-4+;. The molecule has 0 bridgehead atoms. The molecule has 0 amide bonds. The number of hydrogen-bond donors (Lipinski definition) is 4. The highest BCUT2D eigenvalue weighted by Crippen LogP contribution is 2.27. The fourth-order valence-electron chi connectivity index (χ4n) is 3.50. The molecular formula is C19H26Cl2N2O4. The Morgan fingerprint density at radius 2 is 1.52 bits per heavy atom. The summed E-state index contributed by atoms with van der Waals surface area (Å²) in [5, 5.41) is 21.4. The zero-order valence-corrected chi connectivity index (χ0v) is 17.4. The van der Waals surface area contributed by atoms with Crippen LogP contribution in [0.5, 0.6) is 0 Å². The molecule has 1 aliphatic heterocycles. The van der Waals surface area contributed by atoms with Crippen molar-refractivity contribution in [3.8, 4) is 0 Å². The molecule has 1 aromatic carbocycles. The van der Waals surface area contributed by atoms with E-state index in [1.165, 1.54) is 18.2 Å². The van der Waals surface area contributed by atoms with Crippen molar-refractivity contribution in [3.63, 3.8) is 0 Å². The molecule has 0 radical (unpaired) electrons. The van der Waals surface area contributed by atoms with Gasteiger partial charge in [0.15, 0.2) is 0 Å². The van der Waals surface area contributed by atoms with E-state index in [0.29, 0.717) is 12.1 Å². The molecule has 1 heterocycles. The minimum Gasteiger partial charge on any atom is -0.478 e. The van der Waals surface area contributed by atoms with Crippen molar-refractivity contribution in [1.29, 1.82) is 0 Å². The van der Waals surface area contributed by atoms with Crippen molar-refractivity contribution in [2.45, 2.75) is 57.7 Å². The van der Waals surface area contributed by atoms with Gasteiger partial charge in [0.1, 0.15) is 0 Å². The Balaban J connectivity index is 0.000000289. The number of halogens is 2. The lowest BCUT2D eigenvalue weighted by atomic mass is 9.80. The van der Waals surface area contributed by atoms with Crippen LogP contribution in [0.1, 0.15) is 46.1 Å². The Morgan fingerprint density at radius 1 is 1.07 bits per heavy atom. The van der Waals surface area contributed by atoms with Crippen molar-refractivity contribution >= 4 is 40.7 Å². The number of aliphatic carboxylic acids is 2. The third kappa shape index (κ3) is 8.30. The smallest absolute Gasteiger partial charge is 0.336 e. The summed E-state index contributed by atoms with van der Waals surface area (Å²) in [6, 6.07) is 4.45. The second-order valence-electron chi connectivity index (χ2n) is 7.92. The van der Waals surface area contributed by atoms with Gasteiger partial charge in [0.25, 0.3) is 0 Å². The molecule has 0 atom stereocenters. The number of nitrogens with one attached hydrogen (secondary N) is 1. The van der Waals surface area contributed by atoms with Gasteiger partial charge in [-0.05, 0) is 64.3 Å². The Hall–Kier alpha value is -1.60. The van der Waals surface area contributed by atoms with Crippen molar-refractivity contribution in [3.05, 3.63) is 39.9 Å². The number of hydrogen-bond acceptors (Lipinski definition) is 4. The van der Waals surface area contributed by atoms with Gasteiger partial charge in [-0.1, -0.05) is 23.2 Å². The number of carboxylic acids is 2. The first-order valence-electron chi connectivity index (χ1n) is 8.40. The second kappa shape index (κ2) is 9.06. The van der Waals surface area contributed by atoms with Crippen LogP contribution in [-0.2, 0) is 9.59 Å². The lowest BCUT2D eigenvalue weighted by Crippen LogP contribution is -2.60. The van der Waals surface area contributed by atoms with E-state index in [4.69, 9.17) is 39.1 Å². The molecule has 0 spiro atoms. The topological polar surface area (TPSA) is 113 Å². The summed E-state index contributed by atoms with van der Waals surface area (Å²) >= 11 is 11.4. The largest absolute Gasteiger partial charge is 0.478 e. The summed E-state index contributed by atoms with van der Waals surface area (Å²) in [6.07, 6.45) is 2.75. The molecule has 1 fully saturated rings. The number of benzene rings is 1. The Bertz CT molecular complexity index is 709. The average molecular weight is 417 g/mol. The minimum absolute atomic E-state index is 0.146. The summed E-state index contributed by atoms with van der Waals surface area (Å²) in [4.78, 5) is 21.3. The third-order valence-corrected chi connectivity index (χ3v) is 4.33. The highest BCUT2D eigenvalue weighted by molar-refractivity contribution is 6.35. The predicted molar refractivity (Wildman–Crippen MR) is 108 cm³/mol. The molecule has 1 aromatic rings. The molecule has 1 saturated heterocycles. The van der Waals surface area contributed by atoms with Crippen LogP contribution in [0.4, 0.5) is 0 Å². The third-order valence-electron chi connectivity index (χ3n) is 3.89. The van der Waals surface area contributed by atoms with E-state index in [-0.39, 0.29) is 32.3 Å². The zero-order chi connectivity index (χ0) is 21.0. The van der Waals surface area contributed by atoms with Gasteiger partial charge in [0, 0.05) is 33.2 Å². The first-order chi connectivity index (χ1) is 12.2. The summed E-state index contributed by atoms with van der Waals surface area (Å²) in [7, 11) is 0. The van der Waals surface area contributed by atoms with Crippen LogP contribution in [0.25, 0.3) is 5.57 Å². The molecule has 0 aromatic heterocycles. The fourth-order valence-corrected chi connectivity index (χ4v) is 4.03. The maximum atomic E-state index is 10.8. The maximum Gasteiger partial charge on any atom is 0.336 e. The molecule has 6 nitrogen and oxygen atoms in total. The minimum atomic E-state index is -1.36. The van der Waals surface area contributed by atoms with Gasteiger partial charge in [0.05, 0.1) is 5.57 Å². The van der Waals surface area contributed by atoms with E-state index < -0.39 is 11.9 Å². The van der Waals surface area contributed by atoms with Gasteiger partial charge in [-0.25, -0.2) is 9.59 Å². The van der Waals surface area contributed by atoms with Crippen molar-refractivity contribution in [1.82, 2.24) is 5.32 Å². The summed E-state index contributed by atoms with van der Waals surface area (Å²) in [6.45, 7) is 8.86. The molecule has 1 aliphatic rings. The first-order valence-corrected chi connectivity index (χ1v) is 9.16. The first kappa shape index (κ1) is 23.4. The van der Waals surface area contributed by atoms with Crippen LogP contribution < -0.4 is 11.1 Å². The number of nitrogens with two attached hydrogens (primary N) is 1. The lowest BCUT2D eigenvalue weighted by Gasteiger charge is -2.45. The van der Waals surface area contributed by atoms with Gasteiger partial charge in [0.2, 0.25) is 0 Å². The average Bonchev–Trinajstić information content (AvgIpc) is 2.39. The van der Waals surface area contributed by atoms with Crippen molar-refractivity contribution < 1.29 is 19.8 Å². The van der Waals surface area contributed by atoms with E-state index in [1.54, 1.807) is 0 Å². The monoisotopic (exact) mass is 416 g/mol. The van der Waals surface area contributed by atoms with E-state index in [9.17, 15) is 9.59 Å². The van der Waals surface area contributed by atoms with Gasteiger partial charge in [-0.2, -0.15) is 0 Å². The lowest BCUT2D eigenvalue weighted by molar-refractivity contribution is -0.133. The van der Waals surface area contributed by atoms with Crippen LogP contribution >= 0.6 is 23.2 Å². The SMILES string of the molecule is CC1(C)CC(N)CC(C)(C)N1.O=C(O)/C=C(/C(=O)O)c1cc(Cl)cc(Cl)c1. The predicted octanol–water partition coefficient (Wildman–Crippen LogP) is 3.80. The Labute approximate surface area is 169 Å². The highest BCUT2D eigenvalue weighted by atomic mass is 35.5. The number of rotatable bonds is 3. The molecule has 27 heavy (non-hydrogen) atoms. The maximum absolute atomic E-state index is 10.8. The van der Waals surface area contributed by atoms with Crippen LogP contribution in [0.15, 0.2) is 24.3 Å². The number of carboxylic acid groups (broad SMARTS) is 2. The fraction of sp³-hybridized carbons (Fsp3) is 0.474. The molecule has 5 N–H and O–H groups in total. The molecule has 8 heteroatoms. The Kier molecular flexibility index (Phi) is 7.87. The van der Waals surface area contributed by atoms with Crippen LogP contribution in [0.2, 0.25) is 10.0 Å². The van der Waals surface area contributed by atoms with E-state index >= 15 is 0 Å². The molecule has 0 saturated carbocycles. The number of piperidine rings is 1. The summed E-state index contributed by atoms with van der Waals surface area (Å²) in [5.74, 6) is -2.71.